The monoisotopic (exact) mass is 283 g/mol. The van der Waals surface area contributed by atoms with E-state index >= 15 is 0 Å². The number of anilines is 1. The van der Waals surface area contributed by atoms with Gasteiger partial charge in [-0.25, -0.2) is 9.97 Å². The predicted molar refractivity (Wildman–Crippen MR) is 83.1 cm³/mol. The van der Waals surface area contributed by atoms with Crippen molar-refractivity contribution in [3.63, 3.8) is 0 Å². The summed E-state index contributed by atoms with van der Waals surface area (Å²) in [5, 5.41) is 13.2. The molecule has 1 saturated carbocycles. The summed E-state index contributed by atoms with van der Waals surface area (Å²) in [6.07, 6.45) is 5.51. The molecule has 0 spiro atoms. The van der Waals surface area contributed by atoms with Gasteiger partial charge in [0.25, 0.3) is 0 Å². The number of aliphatic hydroxyl groups is 1. The van der Waals surface area contributed by atoms with Crippen molar-refractivity contribution in [1.82, 2.24) is 9.97 Å². The molecule has 1 aliphatic rings. The molecule has 1 aliphatic carbocycles. The fourth-order valence-corrected chi connectivity index (χ4v) is 2.85. The van der Waals surface area contributed by atoms with Gasteiger partial charge in [0.15, 0.2) is 0 Å². The van der Waals surface area contributed by atoms with Crippen LogP contribution in [-0.2, 0) is 6.42 Å². The van der Waals surface area contributed by atoms with Gasteiger partial charge in [0.2, 0.25) is 0 Å². The molecule has 4 heteroatoms. The van der Waals surface area contributed by atoms with E-state index in [1.807, 2.05) is 24.3 Å². The van der Waals surface area contributed by atoms with E-state index in [2.05, 4.69) is 27.4 Å². The van der Waals surface area contributed by atoms with Crippen molar-refractivity contribution in [2.24, 2.45) is 5.92 Å². The van der Waals surface area contributed by atoms with Crippen molar-refractivity contribution < 1.29 is 5.11 Å². The van der Waals surface area contributed by atoms with Crippen LogP contribution in [0.4, 0.5) is 5.82 Å². The third-order valence-electron chi connectivity index (χ3n) is 4.07. The summed E-state index contributed by atoms with van der Waals surface area (Å²) in [5.74, 6) is 2.01. The first-order valence-electron chi connectivity index (χ1n) is 7.59. The number of hydrogen-bond acceptors (Lipinski definition) is 4. The number of nitrogens with one attached hydrogen (secondary N) is 1. The Balaban J connectivity index is 1.60. The highest BCUT2D eigenvalue weighted by atomic mass is 16.3. The SMILES string of the molecule is OC1CCCC1CNc1ccnc(Cc2ccccc2)n1. The minimum Gasteiger partial charge on any atom is -0.393 e. The van der Waals surface area contributed by atoms with Gasteiger partial charge in [0, 0.05) is 25.1 Å². The smallest absolute Gasteiger partial charge is 0.135 e. The van der Waals surface area contributed by atoms with Gasteiger partial charge in [-0.3, -0.25) is 0 Å². The zero-order valence-electron chi connectivity index (χ0n) is 12.1. The van der Waals surface area contributed by atoms with Gasteiger partial charge in [-0.1, -0.05) is 36.8 Å². The molecule has 1 aromatic heterocycles. The van der Waals surface area contributed by atoms with Gasteiger partial charge in [-0.2, -0.15) is 0 Å². The summed E-state index contributed by atoms with van der Waals surface area (Å²) in [7, 11) is 0. The number of aromatic nitrogens is 2. The van der Waals surface area contributed by atoms with Crippen LogP contribution in [0, 0.1) is 5.92 Å². The molecule has 3 rings (SSSR count). The highest BCUT2D eigenvalue weighted by molar-refractivity contribution is 5.34. The van der Waals surface area contributed by atoms with E-state index in [9.17, 15) is 5.11 Å². The third kappa shape index (κ3) is 3.79. The average Bonchev–Trinajstić information content (AvgIpc) is 2.92. The summed E-state index contributed by atoms with van der Waals surface area (Å²) in [6, 6.07) is 12.1. The minimum absolute atomic E-state index is 0.164. The van der Waals surface area contributed by atoms with Crippen LogP contribution in [0.5, 0.6) is 0 Å². The van der Waals surface area contributed by atoms with Crippen LogP contribution in [0.3, 0.4) is 0 Å². The second kappa shape index (κ2) is 6.68. The van der Waals surface area contributed by atoms with Crippen molar-refractivity contribution in [1.29, 1.82) is 0 Å². The van der Waals surface area contributed by atoms with Gasteiger partial charge >= 0.3 is 0 Å². The lowest BCUT2D eigenvalue weighted by molar-refractivity contribution is 0.138. The topological polar surface area (TPSA) is 58.0 Å². The Kier molecular flexibility index (Phi) is 4.46. The van der Waals surface area contributed by atoms with E-state index in [4.69, 9.17) is 0 Å². The molecule has 0 bridgehead atoms. The van der Waals surface area contributed by atoms with Crippen LogP contribution in [-0.4, -0.2) is 27.7 Å². The van der Waals surface area contributed by atoms with Gasteiger partial charge in [-0.05, 0) is 24.5 Å². The molecule has 0 radical (unpaired) electrons. The minimum atomic E-state index is -0.164. The van der Waals surface area contributed by atoms with Gasteiger partial charge in [0.05, 0.1) is 6.10 Å². The van der Waals surface area contributed by atoms with Crippen molar-refractivity contribution in [2.45, 2.75) is 31.8 Å². The summed E-state index contributed by atoms with van der Waals surface area (Å²) in [5.41, 5.74) is 1.21. The van der Waals surface area contributed by atoms with E-state index in [0.717, 1.165) is 43.9 Å². The second-order valence-corrected chi connectivity index (χ2v) is 5.66. The van der Waals surface area contributed by atoms with E-state index in [1.165, 1.54) is 5.56 Å². The van der Waals surface area contributed by atoms with Gasteiger partial charge < -0.3 is 10.4 Å². The highest BCUT2D eigenvalue weighted by Crippen LogP contribution is 2.25. The molecule has 0 amide bonds. The lowest BCUT2D eigenvalue weighted by Gasteiger charge is -2.15. The van der Waals surface area contributed by atoms with Crippen LogP contribution in [0.15, 0.2) is 42.6 Å². The molecular weight excluding hydrogens is 262 g/mol. The Labute approximate surface area is 125 Å². The van der Waals surface area contributed by atoms with E-state index in [1.54, 1.807) is 6.20 Å². The van der Waals surface area contributed by atoms with Crippen LogP contribution >= 0.6 is 0 Å². The second-order valence-electron chi connectivity index (χ2n) is 5.66. The molecule has 4 nitrogen and oxygen atoms in total. The maximum atomic E-state index is 9.84. The van der Waals surface area contributed by atoms with Crippen molar-refractivity contribution >= 4 is 5.82 Å². The molecule has 0 saturated heterocycles. The van der Waals surface area contributed by atoms with Crippen LogP contribution in [0.25, 0.3) is 0 Å². The molecule has 1 heterocycles. The van der Waals surface area contributed by atoms with Crippen molar-refractivity contribution in [2.75, 3.05) is 11.9 Å². The Hall–Kier alpha value is -1.94. The molecule has 2 aromatic rings. The molecule has 0 aliphatic heterocycles. The van der Waals surface area contributed by atoms with Crippen LogP contribution < -0.4 is 5.32 Å². The normalized spacial score (nSPS) is 21.4. The first-order valence-corrected chi connectivity index (χ1v) is 7.59. The highest BCUT2D eigenvalue weighted by Gasteiger charge is 2.24. The summed E-state index contributed by atoms with van der Waals surface area (Å²) in [4.78, 5) is 8.88. The molecule has 2 unspecified atom stereocenters. The molecule has 1 aromatic carbocycles. The Morgan fingerprint density at radius 3 is 2.76 bits per heavy atom. The van der Waals surface area contributed by atoms with Crippen LogP contribution in [0.1, 0.15) is 30.7 Å². The predicted octanol–water partition coefficient (Wildman–Crippen LogP) is 2.64. The largest absolute Gasteiger partial charge is 0.393 e. The molecular formula is C17H21N3O. The summed E-state index contributed by atoms with van der Waals surface area (Å²) >= 11 is 0. The standard InChI is InChI=1S/C17H21N3O/c21-15-8-4-7-14(15)12-19-16-9-10-18-17(20-16)11-13-5-2-1-3-6-13/h1-3,5-6,9-10,14-15,21H,4,7-8,11-12H2,(H,18,19,20). The zero-order valence-corrected chi connectivity index (χ0v) is 12.1. The fourth-order valence-electron chi connectivity index (χ4n) is 2.85. The quantitative estimate of drug-likeness (QED) is 0.885. The fraction of sp³-hybridized carbons (Fsp3) is 0.412. The number of rotatable bonds is 5. The first-order chi connectivity index (χ1) is 10.3. The van der Waals surface area contributed by atoms with E-state index in [0.29, 0.717) is 5.92 Å². The van der Waals surface area contributed by atoms with Crippen LogP contribution in [0.2, 0.25) is 0 Å². The average molecular weight is 283 g/mol. The van der Waals surface area contributed by atoms with Gasteiger partial charge in [-0.15, -0.1) is 0 Å². The molecule has 1 fully saturated rings. The Morgan fingerprint density at radius 2 is 2.00 bits per heavy atom. The lowest BCUT2D eigenvalue weighted by Crippen LogP contribution is -2.22. The number of benzene rings is 1. The molecule has 2 N–H and O–H groups in total. The molecule has 2 atom stereocenters. The Morgan fingerprint density at radius 1 is 1.14 bits per heavy atom. The maximum Gasteiger partial charge on any atom is 0.135 e. The Bertz CT molecular complexity index is 573. The van der Waals surface area contributed by atoms with E-state index in [-0.39, 0.29) is 6.10 Å². The van der Waals surface area contributed by atoms with Gasteiger partial charge in [0.1, 0.15) is 11.6 Å². The third-order valence-corrected chi connectivity index (χ3v) is 4.07. The zero-order chi connectivity index (χ0) is 14.5. The van der Waals surface area contributed by atoms with Crippen molar-refractivity contribution in [3.05, 3.63) is 54.0 Å². The van der Waals surface area contributed by atoms with E-state index < -0.39 is 0 Å². The summed E-state index contributed by atoms with van der Waals surface area (Å²) in [6.45, 7) is 0.781. The first kappa shape index (κ1) is 14.0. The number of aliphatic hydroxyl groups excluding tert-OH is 1. The number of nitrogens with zero attached hydrogens (tertiary/aromatic N) is 2. The summed E-state index contributed by atoms with van der Waals surface area (Å²) < 4.78 is 0. The van der Waals surface area contributed by atoms with Crippen molar-refractivity contribution in [3.8, 4) is 0 Å². The maximum absolute atomic E-state index is 9.84. The lowest BCUT2D eigenvalue weighted by atomic mass is 10.1. The molecule has 110 valence electrons. The number of hydrogen-bond donors (Lipinski definition) is 2. The molecule has 21 heavy (non-hydrogen) atoms.